The monoisotopic (exact) mass is 214 g/mol. The molecule has 0 saturated carbocycles. The molecule has 6 heteroatoms. The van der Waals surface area contributed by atoms with Crippen molar-refractivity contribution in [3.8, 4) is 0 Å². The van der Waals surface area contributed by atoms with Gasteiger partial charge in [0, 0.05) is 19.4 Å². The van der Waals surface area contributed by atoms with E-state index in [1.165, 1.54) is 11.8 Å². The fourth-order valence-corrected chi connectivity index (χ4v) is 1.54. The standard InChI is InChI=1S/C8H14N4OS/c1-6(4-5-7(13)14-3)8-9-10-11-12(8)2/h6H,4-5H2,1-3H3. The van der Waals surface area contributed by atoms with Crippen molar-refractivity contribution in [3.63, 3.8) is 0 Å². The Kier molecular flexibility index (Phi) is 4.06. The van der Waals surface area contributed by atoms with Crippen LogP contribution in [0.3, 0.4) is 0 Å². The first-order valence-electron chi connectivity index (χ1n) is 4.44. The molecule has 0 radical (unpaired) electrons. The number of aryl methyl sites for hydroxylation is 1. The van der Waals surface area contributed by atoms with Crippen molar-refractivity contribution < 1.29 is 4.79 Å². The SMILES string of the molecule is CSC(=O)CCC(C)c1nnnn1C. The molecule has 0 amide bonds. The van der Waals surface area contributed by atoms with Crippen LogP contribution in [0.1, 0.15) is 31.5 Å². The molecule has 0 spiro atoms. The summed E-state index contributed by atoms with van der Waals surface area (Å²) in [5, 5.41) is 11.4. The molecular weight excluding hydrogens is 200 g/mol. The zero-order valence-corrected chi connectivity index (χ0v) is 9.41. The third-order valence-corrected chi connectivity index (χ3v) is 2.76. The van der Waals surface area contributed by atoms with Gasteiger partial charge in [0.2, 0.25) is 0 Å². The molecule has 0 aliphatic heterocycles. The number of thioether (sulfide) groups is 1. The number of hydrogen-bond donors (Lipinski definition) is 0. The molecular formula is C8H14N4OS. The zero-order valence-electron chi connectivity index (χ0n) is 8.60. The van der Waals surface area contributed by atoms with E-state index in [0.717, 1.165) is 12.2 Å². The van der Waals surface area contributed by atoms with Crippen LogP contribution in [0.5, 0.6) is 0 Å². The van der Waals surface area contributed by atoms with E-state index in [4.69, 9.17) is 0 Å². The molecule has 0 fully saturated rings. The second kappa shape index (κ2) is 5.09. The smallest absolute Gasteiger partial charge is 0.188 e. The molecule has 0 N–H and O–H groups in total. The van der Waals surface area contributed by atoms with E-state index in [1.54, 1.807) is 10.9 Å². The predicted molar refractivity (Wildman–Crippen MR) is 55.0 cm³/mol. The Hall–Kier alpha value is -0.910. The molecule has 0 bridgehead atoms. The van der Waals surface area contributed by atoms with Crippen LogP contribution < -0.4 is 0 Å². The normalized spacial score (nSPS) is 12.8. The number of aromatic nitrogens is 4. The summed E-state index contributed by atoms with van der Waals surface area (Å²) in [5.74, 6) is 1.06. The Balaban J connectivity index is 2.47. The maximum Gasteiger partial charge on any atom is 0.188 e. The first-order valence-corrected chi connectivity index (χ1v) is 5.66. The third kappa shape index (κ3) is 2.80. The molecule has 0 aromatic carbocycles. The molecule has 0 saturated heterocycles. The van der Waals surface area contributed by atoms with Crippen molar-refractivity contribution in [1.82, 2.24) is 20.2 Å². The number of hydrogen-bond acceptors (Lipinski definition) is 5. The van der Waals surface area contributed by atoms with E-state index >= 15 is 0 Å². The molecule has 1 aromatic rings. The predicted octanol–water partition coefficient (Wildman–Crippen LogP) is 0.983. The van der Waals surface area contributed by atoms with E-state index < -0.39 is 0 Å². The van der Waals surface area contributed by atoms with Crippen LogP contribution in [0.15, 0.2) is 0 Å². The summed E-state index contributed by atoms with van der Waals surface area (Å²) in [4.78, 5) is 11.1. The van der Waals surface area contributed by atoms with Gasteiger partial charge in [-0.25, -0.2) is 4.68 Å². The molecule has 5 nitrogen and oxygen atoms in total. The summed E-state index contributed by atoms with van der Waals surface area (Å²) >= 11 is 1.27. The second-order valence-electron chi connectivity index (χ2n) is 3.18. The van der Waals surface area contributed by atoms with Gasteiger partial charge in [0.25, 0.3) is 0 Å². The van der Waals surface area contributed by atoms with Crippen LogP contribution in [-0.4, -0.2) is 31.6 Å². The average molecular weight is 214 g/mol. The molecule has 1 heterocycles. The Morgan fingerprint density at radius 2 is 2.36 bits per heavy atom. The van der Waals surface area contributed by atoms with Crippen LogP contribution in [0.2, 0.25) is 0 Å². The van der Waals surface area contributed by atoms with Gasteiger partial charge in [-0.1, -0.05) is 18.7 Å². The highest BCUT2D eigenvalue weighted by Crippen LogP contribution is 2.18. The highest BCUT2D eigenvalue weighted by atomic mass is 32.2. The lowest BCUT2D eigenvalue weighted by Gasteiger charge is -2.07. The van der Waals surface area contributed by atoms with Crippen molar-refractivity contribution in [1.29, 1.82) is 0 Å². The summed E-state index contributed by atoms with van der Waals surface area (Å²) in [6, 6.07) is 0. The van der Waals surface area contributed by atoms with E-state index in [1.807, 2.05) is 14.0 Å². The summed E-state index contributed by atoms with van der Waals surface area (Å²) in [5.41, 5.74) is 0. The molecule has 1 aromatic heterocycles. The average Bonchev–Trinajstić information content (AvgIpc) is 2.60. The Morgan fingerprint density at radius 1 is 1.64 bits per heavy atom. The summed E-state index contributed by atoms with van der Waals surface area (Å²) in [6.45, 7) is 2.03. The highest BCUT2D eigenvalue weighted by molar-refractivity contribution is 8.13. The van der Waals surface area contributed by atoms with Crippen LogP contribution in [0.25, 0.3) is 0 Å². The number of tetrazole rings is 1. The van der Waals surface area contributed by atoms with Crippen molar-refractivity contribution in [3.05, 3.63) is 5.82 Å². The van der Waals surface area contributed by atoms with Gasteiger partial charge in [-0.3, -0.25) is 4.79 Å². The van der Waals surface area contributed by atoms with Crippen molar-refractivity contribution in [2.24, 2.45) is 7.05 Å². The van der Waals surface area contributed by atoms with Gasteiger partial charge in [-0.05, 0) is 23.1 Å². The lowest BCUT2D eigenvalue weighted by molar-refractivity contribution is -0.111. The summed E-state index contributed by atoms with van der Waals surface area (Å²) in [6.07, 6.45) is 3.18. The quantitative estimate of drug-likeness (QED) is 0.747. The maximum atomic E-state index is 11.1. The minimum absolute atomic E-state index is 0.215. The lowest BCUT2D eigenvalue weighted by Crippen LogP contribution is -2.05. The maximum absolute atomic E-state index is 11.1. The highest BCUT2D eigenvalue weighted by Gasteiger charge is 2.13. The minimum atomic E-state index is 0.215. The third-order valence-electron chi connectivity index (χ3n) is 2.10. The molecule has 0 aliphatic rings. The van der Waals surface area contributed by atoms with Crippen LogP contribution >= 0.6 is 11.8 Å². The summed E-state index contributed by atoms with van der Waals surface area (Å²) < 4.78 is 1.65. The summed E-state index contributed by atoms with van der Waals surface area (Å²) in [7, 11) is 1.81. The van der Waals surface area contributed by atoms with E-state index in [9.17, 15) is 4.79 Å². The number of nitrogens with zero attached hydrogens (tertiary/aromatic N) is 4. The van der Waals surface area contributed by atoms with Gasteiger partial charge in [0.05, 0.1) is 0 Å². The van der Waals surface area contributed by atoms with Gasteiger partial charge < -0.3 is 0 Å². The first-order chi connectivity index (χ1) is 6.65. The van der Waals surface area contributed by atoms with Crippen molar-refractivity contribution in [2.75, 3.05) is 6.26 Å². The zero-order chi connectivity index (χ0) is 10.6. The molecule has 0 aliphatic carbocycles. The number of carbonyl (C=O) groups is 1. The van der Waals surface area contributed by atoms with Gasteiger partial charge in [0.1, 0.15) is 0 Å². The van der Waals surface area contributed by atoms with Crippen molar-refractivity contribution in [2.45, 2.75) is 25.7 Å². The number of carbonyl (C=O) groups excluding carboxylic acids is 1. The van der Waals surface area contributed by atoms with E-state index in [2.05, 4.69) is 15.5 Å². The lowest BCUT2D eigenvalue weighted by atomic mass is 10.1. The minimum Gasteiger partial charge on any atom is -0.287 e. The van der Waals surface area contributed by atoms with Gasteiger partial charge >= 0.3 is 0 Å². The van der Waals surface area contributed by atoms with E-state index in [-0.39, 0.29) is 11.0 Å². The van der Waals surface area contributed by atoms with Gasteiger partial charge in [-0.2, -0.15) is 0 Å². The van der Waals surface area contributed by atoms with Crippen LogP contribution in [0.4, 0.5) is 0 Å². The topological polar surface area (TPSA) is 60.7 Å². The van der Waals surface area contributed by atoms with E-state index in [0.29, 0.717) is 6.42 Å². The molecule has 1 unspecified atom stereocenters. The Morgan fingerprint density at radius 3 is 2.86 bits per heavy atom. The van der Waals surface area contributed by atoms with Crippen molar-refractivity contribution >= 4 is 16.9 Å². The second-order valence-corrected chi connectivity index (χ2v) is 4.04. The van der Waals surface area contributed by atoms with Crippen LogP contribution in [-0.2, 0) is 11.8 Å². The molecule has 1 rings (SSSR count). The Bertz CT molecular complexity index is 312. The van der Waals surface area contributed by atoms with Gasteiger partial charge in [-0.15, -0.1) is 5.10 Å². The molecule has 1 atom stereocenters. The first kappa shape index (κ1) is 11.2. The fraction of sp³-hybridized carbons (Fsp3) is 0.750. The largest absolute Gasteiger partial charge is 0.287 e. The number of rotatable bonds is 4. The fourth-order valence-electron chi connectivity index (χ4n) is 1.22. The van der Waals surface area contributed by atoms with Gasteiger partial charge in [0.15, 0.2) is 10.9 Å². The molecule has 14 heavy (non-hydrogen) atoms. The Labute approximate surface area is 87.3 Å². The molecule has 78 valence electrons. The van der Waals surface area contributed by atoms with Crippen LogP contribution in [0, 0.1) is 0 Å².